The number of Topliss-reactive ketones (excluding diaryl/α,β-unsaturated/α-hetero) is 1. The van der Waals surface area contributed by atoms with Gasteiger partial charge in [0.1, 0.15) is 47.7 Å². The van der Waals surface area contributed by atoms with Crippen LogP contribution in [0.5, 0.6) is 51.7 Å². The molecule has 1 saturated heterocycles. The second kappa shape index (κ2) is 13.7. The Hall–Kier alpha value is -6.43. The number of aliphatic hydroxyl groups excluding tert-OH is 2. The van der Waals surface area contributed by atoms with E-state index in [4.69, 9.17) is 18.9 Å². The molecule has 4 aromatic rings. The second-order valence-electron chi connectivity index (χ2n) is 11.9. The number of fused-ring (bicyclic) bond motifs is 4. The van der Waals surface area contributed by atoms with Gasteiger partial charge in [0.05, 0.1) is 11.1 Å². The fraction of sp³-hybridized carbons (Fsp3) is 0.229. The van der Waals surface area contributed by atoms with Gasteiger partial charge in [0.15, 0.2) is 34.9 Å². The van der Waals surface area contributed by atoms with Crippen LogP contribution in [0.25, 0.3) is 11.1 Å². The maximum atomic E-state index is 13.6. The summed E-state index contributed by atoms with van der Waals surface area (Å²) in [7, 11) is 0. The lowest BCUT2D eigenvalue weighted by atomic mass is 9.92. The number of carbonyl (C=O) groups is 3. The summed E-state index contributed by atoms with van der Waals surface area (Å²) >= 11 is 0. The molecule has 2 aliphatic heterocycles. The number of hydrogen-bond acceptors (Lipinski definition) is 17. The number of aliphatic hydroxyl groups is 2. The topological polar surface area (TPSA) is 290 Å². The molecule has 2 heterocycles. The first-order valence-electron chi connectivity index (χ1n) is 15.4. The summed E-state index contributed by atoms with van der Waals surface area (Å²) in [6.07, 6.45) is -9.29. The molecule has 10 N–H and O–H groups in total. The molecule has 5 atom stereocenters. The highest BCUT2D eigenvalue weighted by molar-refractivity contribution is 6.08. The quantitative estimate of drug-likeness (QED) is 0.0774. The zero-order valence-electron chi connectivity index (χ0n) is 26.5. The molecule has 4 aromatic carbocycles. The number of hydrogen-bond donors (Lipinski definition) is 10. The summed E-state index contributed by atoms with van der Waals surface area (Å²) < 4.78 is 21.9. The standard InChI is InChI=1S/C35H30O17/c36-17(7-6-13-4-2-1-3-5-13)25-18(37)8-14(9-19(25)38)50-35-31(46)30(45)32-22(51-35)12-49-33(47)15-10-20(39)26(41)28(43)23(15)24-16(34(48)52-32)11-21(40)27(42)29(24)44/h1-5,8-11,22,30-32,35,37-46H,6-7,12H2/t22-,30+,31+,32-,35+/m0/s1. The van der Waals surface area contributed by atoms with Crippen LogP contribution in [0.2, 0.25) is 0 Å². The van der Waals surface area contributed by atoms with E-state index in [2.05, 4.69) is 0 Å². The molecule has 0 bridgehead atoms. The zero-order chi connectivity index (χ0) is 37.6. The van der Waals surface area contributed by atoms with Crippen molar-refractivity contribution in [3.8, 4) is 62.9 Å². The maximum Gasteiger partial charge on any atom is 0.339 e. The molecular formula is C35H30O17. The van der Waals surface area contributed by atoms with Crippen molar-refractivity contribution in [2.24, 2.45) is 0 Å². The molecule has 0 spiro atoms. The third-order valence-electron chi connectivity index (χ3n) is 8.55. The lowest BCUT2D eigenvalue weighted by Crippen LogP contribution is -2.61. The minimum Gasteiger partial charge on any atom is -0.507 e. The van der Waals surface area contributed by atoms with E-state index < -0.39 is 129 Å². The molecule has 17 heteroatoms. The molecule has 0 unspecified atom stereocenters. The lowest BCUT2D eigenvalue weighted by molar-refractivity contribution is -0.276. The number of rotatable bonds is 6. The van der Waals surface area contributed by atoms with Crippen LogP contribution in [-0.4, -0.2) is 106 Å². The molecule has 272 valence electrons. The molecule has 6 rings (SSSR count). The van der Waals surface area contributed by atoms with Gasteiger partial charge in [0.2, 0.25) is 17.8 Å². The number of cyclic esters (lactones) is 1. The average Bonchev–Trinajstić information content (AvgIpc) is 3.12. The number of carbonyl (C=O) groups excluding carboxylic acids is 3. The molecule has 17 nitrogen and oxygen atoms in total. The van der Waals surface area contributed by atoms with Crippen molar-refractivity contribution in [1.29, 1.82) is 0 Å². The Kier molecular flexibility index (Phi) is 9.33. The van der Waals surface area contributed by atoms with Crippen molar-refractivity contribution in [3.05, 3.63) is 76.9 Å². The minimum atomic E-state index is -2.08. The predicted molar refractivity (Wildman–Crippen MR) is 172 cm³/mol. The van der Waals surface area contributed by atoms with E-state index >= 15 is 0 Å². The van der Waals surface area contributed by atoms with Crippen LogP contribution in [0.3, 0.4) is 0 Å². The molecule has 0 amide bonds. The lowest BCUT2D eigenvalue weighted by Gasteiger charge is -2.41. The number of ether oxygens (including phenoxy) is 4. The highest BCUT2D eigenvalue weighted by Crippen LogP contribution is 2.53. The van der Waals surface area contributed by atoms with Gasteiger partial charge >= 0.3 is 11.9 Å². The number of ketones is 1. The Morgan fingerprint density at radius 3 is 1.85 bits per heavy atom. The van der Waals surface area contributed by atoms with Gasteiger partial charge in [-0.25, -0.2) is 9.59 Å². The highest BCUT2D eigenvalue weighted by Gasteiger charge is 2.49. The summed E-state index contributed by atoms with van der Waals surface area (Å²) in [6, 6.07) is 12.1. The molecule has 0 aromatic heterocycles. The van der Waals surface area contributed by atoms with Crippen LogP contribution < -0.4 is 4.74 Å². The van der Waals surface area contributed by atoms with Crippen LogP contribution in [0.15, 0.2) is 54.6 Å². The number of benzene rings is 4. The van der Waals surface area contributed by atoms with E-state index in [0.717, 1.165) is 17.7 Å². The summed E-state index contributed by atoms with van der Waals surface area (Å²) in [6.45, 7) is -0.882. The third kappa shape index (κ3) is 6.34. The largest absolute Gasteiger partial charge is 0.507 e. The zero-order valence-corrected chi connectivity index (χ0v) is 26.5. The number of aromatic hydroxyl groups is 8. The summed E-state index contributed by atoms with van der Waals surface area (Å²) in [5, 5.41) is 106. The fourth-order valence-corrected chi connectivity index (χ4v) is 5.92. The Morgan fingerprint density at radius 2 is 1.27 bits per heavy atom. The van der Waals surface area contributed by atoms with Gasteiger partial charge in [-0.2, -0.15) is 0 Å². The second-order valence-corrected chi connectivity index (χ2v) is 11.9. The van der Waals surface area contributed by atoms with E-state index in [-0.39, 0.29) is 12.2 Å². The first-order valence-corrected chi connectivity index (χ1v) is 15.4. The van der Waals surface area contributed by atoms with Crippen molar-refractivity contribution in [3.63, 3.8) is 0 Å². The Balaban J connectivity index is 1.31. The van der Waals surface area contributed by atoms with Crippen LogP contribution in [0.4, 0.5) is 0 Å². The van der Waals surface area contributed by atoms with Gasteiger partial charge in [-0.3, -0.25) is 4.79 Å². The van der Waals surface area contributed by atoms with Gasteiger partial charge in [0, 0.05) is 29.7 Å². The molecule has 0 saturated carbocycles. The first kappa shape index (κ1) is 35.4. The molecule has 52 heavy (non-hydrogen) atoms. The number of phenolic OH excluding ortho intramolecular Hbond substituents is 8. The van der Waals surface area contributed by atoms with Crippen LogP contribution in [0, 0.1) is 0 Å². The van der Waals surface area contributed by atoms with Crippen molar-refractivity contribution in [2.75, 3.05) is 6.61 Å². The predicted octanol–water partition coefficient (Wildman–Crippen LogP) is 2.04. The number of esters is 2. The number of aryl methyl sites for hydroxylation is 1. The van der Waals surface area contributed by atoms with Crippen molar-refractivity contribution >= 4 is 17.7 Å². The van der Waals surface area contributed by atoms with E-state index in [9.17, 15) is 65.4 Å². The van der Waals surface area contributed by atoms with E-state index in [1.54, 1.807) is 12.1 Å². The van der Waals surface area contributed by atoms with Crippen LogP contribution >= 0.6 is 0 Å². The molecule has 1 fully saturated rings. The van der Waals surface area contributed by atoms with Crippen molar-refractivity contribution in [1.82, 2.24) is 0 Å². The first-order chi connectivity index (χ1) is 24.7. The summed E-state index contributed by atoms with van der Waals surface area (Å²) in [5.41, 5.74) is -2.86. The van der Waals surface area contributed by atoms with Gasteiger partial charge in [-0.05, 0) is 24.1 Å². The normalized spacial score (nSPS) is 21.4. The van der Waals surface area contributed by atoms with Gasteiger partial charge in [-0.15, -0.1) is 0 Å². The van der Waals surface area contributed by atoms with E-state index in [1.807, 2.05) is 18.2 Å². The van der Waals surface area contributed by atoms with E-state index in [0.29, 0.717) is 18.6 Å². The third-order valence-corrected chi connectivity index (χ3v) is 8.55. The average molecular weight is 723 g/mol. The monoisotopic (exact) mass is 722 g/mol. The van der Waals surface area contributed by atoms with Gasteiger partial charge < -0.3 is 70.0 Å². The Bertz CT molecular complexity index is 2060. The Labute approximate surface area is 291 Å². The smallest absolute Gasteiger partial charge is 0.339 e. The Morgan fingerprint density at radius 1 is 0.712 bits per heavy atom. The summed E-state index contributed by atoms with van der Waals surface area (Å²) in [4.78, 5) is 39.8. The fourth-order valence-electron chi connectivity index (χ4n) is 5.92. The van der Waals surface area contributed by atoms with Gasteiger partial charge in [-0.1, -0.05) is 30.3 Å². The molecule has 0 aliphatic carbocycles. The SMILES string of the molecule is O=C1OC[C@@H]2O[C@@H](Oc3cc(O)c(C(=O)CCc4ccccc4)c(O)c3)[C@H](O)[C@@H](O)[C@H]2OC(=O)c2cc(O)c(O)c(O)c2-c2c1cc(O)c(O)c2O. The molecule has 2 aliphatic rings. The van der Waals surface area contributed by atoms with Crippen molar-refractivity contribution in [2.45, 2.75) is 43.5 Å². The number of phenols is 8. The van der Waals surface area contributed by atoms with Crippen LogP contribution in [0.1, 0.15) is 43.1 Å². The minimum absolute atomic E-state index is 0.0573. The van der Waals surface area contributed by atoms with Crippen molar-refractivity contribution < 1.29 is 84.4 Å². The van der Waals surface area contributed by atoms with Crippen LogP contribution in [-0.2, 0) is 20.6 Å². The van der Waals surface area contributed by atoms with E-state index in [1.165, 1.54) is 0 Å². The maximum absolute atomic E-state index is 13.6. The highest BCUT2D eigenvalue weighted by atomic mass is 16.7. The molecular weight excluding hydrogens is 692 g/mol. The summed E-state index contributed by atoms with van der Waals surface area (Å²) in [5.74, 6) is -12.2. The van der Waals surface area contributed by atoms with Gasteiger partial charge in [0.25, 0.3) is 0 Å². The molecule has 0 radical (unpaired) electrons.